The monoisotopic (exact) mass is 418 g/mol. The lowest BCUT2D eigenvalue weighted by Crippen LogP contribution is -2.35. The van der Waals surface area contributed by atoms with E-state index in [1.807, 2.05) is 29.6 Å². The number of hydrogen-bond acceptors (Lipinski definition) is 6. The van der Waals surface area contributed by atoms with Crippen LogP contribution in [0.25, 0.3) is 0 Å². The number of ether oxygens (including phenoxy) is 1. The molecule has 1 aromatic carbocycles. The number of morpholine rings is 1. The molecule has 0 saturated carbocycles. The zero-order valence-electron chi connectivity index (χ0n) is 14.3. The predicted molar refractivity (Wildman–Crippen MR) is 111 cm³/mol. The van der Waals surface area contributed by atoms with Crippen molar-refractivity contribution in [2.45, 2.75) is 19.4 Å². The minimum absolute atomic E-state index is 0. The van der Waals surface area contributed by atoms with Crippen LogP contribution in [-0.4, -0.2) is 42.1 Å². The molecule has 6 nitrogen and oxygen atoms in total. The van der Waals surface area contributed by atoms with Gasteiger partial charge in [-0.2, -0.15) is 0 Å². The van der Waals surface area contributed by atoms with Crippen LogP contribution in [0.15, 0.2) is 29.6 Å². The first-order valence-corrected chi connectivity index (χ1v) is 8.96. The minimum Gasteiger partial charge on any atom is -0.399 e. The van der Waals surface area contributed by atoms with Crippen LogP contribution in [0, 0.1) is 0 Å². The van der Waals surface area contributed by atoms with Crippen molar-refractivity contribution in [3.8, 4) is 0 Å². The molecule has 0 unspecified atom stereocenters. The summed E-state index contributed by atoms with van der Waals surface area (Å²) in [5.74, 6) is -0.0366. The number of hydrogen-bond donors (Lipinski definition) is 2. The second-order valence-corrected chi connectivity index (χ2v) is 6.64. The van der Waals surface area contributed by atoms with Crippen molar-refractivity contribution < 1.29 is 9.53 Å². The van der Waals surface area contributed by atoms with Gasteiger partial charge in [0.05, 0.1) is 18.9 Å². The molecule has 26 heavy (non-hydrogen) atoms. The minimum atomic E-state index is -0.0366. The van der Waals surface area contributed by atoms with Crippen molar-refractivity contribution >= 4 is 52.9 Å². The average molecular weight is 419 g/mol. The summed E-state index contributed by atoms with van der Waals surface area (Å²) in [5, 5.41) is 5.53. The first kappa shape index (κ1) is 22.7. The second-order valence-electron chi connectivity index (χ2n) is 5.78. The molecule has 0 aliphatic carbocycles. The fraction of sp³-hybridized carbons (Fsp3) is 0.412. The standard InChI is InChI=1S/C17H22N4O2S.2ClH/c18-15-4-2-1-3-13(15)5-6-16(22)20-17-19-14(12-24-17)11-21-7-9-23-10-8-21;;/h1-4,12H,5-11,18H2,(H,19,20,22);2*1H. The number of carbonyl (C=O) groups is 1. The van der Waals surface area contributed by atoms with Crippen LogP contribution >= 0.6 is 36.2 Å². The van der Waals surface area contributed by atoms with E-state index in [1.54, 1.807) is 0 Å². The molecule has 3 rings (SSSR count). The Morgan fingerprint density at radius 2 is 2.00 bits per heavy atom. The van der Waals surface area contributed by atoms with Crippen molar-refractivity contribution in [1.29, 1.82) is 0 Å². The third-order valence-electron chi connectivity index (χ3n) is 3.96. The van der Waals surface area contributed by atoms with E-state index in [2.05, 4.69) is 15.2 Å². The number of amides is 1. The quantitative estimate of drug-likeness (QED) is 0.704. The van der Waals surface area contributed by atoms with E-state index >= 15 is 0 Å². The van der Waals surface area contributed by atoms with Crippen LogP contribution < -0.4 is 11.1 Å². The maximum absolute atomic E-state index is 12.1. The molecule has 1 aromatic heterocycles. The number of halogens is 2. The Labute approximate surface area is 169 Å². The molecule has 2 heterocycles. The lowest BCUT2D eigenvalue weighted by Gasteiger charge is -2.25. The zero-order valence-corrected chi connectivity index (χ0v) is 16.8. The molecule has 2 aromatic rings. The number of carbonyl (C=O) groups excluding carboxylic acids is 1. The fourth-order valence-corrected chi connectivity index (χ4v) is 3.33. The lowest BCUT2D eigenvalue weighted by molar-refractivity contribution is -0.116. The van der Waals surface area contributed by atoms with E-state index in [0.717, 1.165) is 49.8 Å². The summed E-state index contributed by atoms with van der Waals surface area (Å²) < 4.78 is 5.34. The fourth-order valence-electron chi connectivity index (χ4n) is 2.62. The van der Waals surface area contributed by atoms with Gasteiger partial charge < -0.3 is 15.8 Å². The van der Waals surface area contributed by atoms with Crippen molar-refractivity contribution in [3.63, 3.8) is 0 Å². The molecule has 0 bridgehead atoms. The molecular weight excluding hydrogens is 395 g/mol. The largest absolute Gasteiger partial charge is 0.399 e. The maximum atomic E-state index is 12.1. The molecule has 0 atom stereocenters. The number of nitrogens with one attached hydrogen (secondary N) is 1. The predicted octanol–water partition coefficient (Wildman–Crippen LogP) is 2.97. The highest BCUT2D eigenvalue weighted by molar-refractivity contribution is 7.13. The van der Waals surface area contributed by atoms with Gasteiger partial charge in [0, 0.05) is 37.1 Å². The summed E-state index contributed by atoms with van der Waals surface area (Å²) >= 11 is 1.47. The summed E-state index contributed by atoms with van der Waals surface area (Å²) in [6.07, 6.45) is 1.02. The van der Waals surface area contributed by atoms with E-state index in [1.165, 1.54) is 11.3 Å². The number of para-hydroxylation sites is 1. The first-order chi connectivity index (χ1) is 11.7. The molecule has 1 aliphatic heterocycles. The third-order valence-corrected chi connectivity index (χ3v) is 4.77. The van der Waals surface area contributed by atoms with Gasteiger partial charge in [0.2, 0.25) is 5.91 Å². The Balaban J connectivity index is 0.00000169. The van der Waals surface area contributed by atoms with Gasteiger partial charge in [-0.25, -0.2) is 4.98 Å². The van der Waals surface area contributed by atoms with Crippen LogP contribution in [0.3, 0.4) is 0 Å². The highest BCUT2D eigenvalue weighted by Crippen LogP contribution is 2.18. The smallest absolute Gasteiger partial charge is 0.226 e. The van der Waals surface area contributed by atoms with Gasteiger partial charge in [0.25, 0.3) is 0 Å². The summed E-state index contributed by atoms with van der Waals surface area (Å²) in [7, 11) is 0. The Kier molecular flexibility index (Phi) is 9.90. The lowest BCUT2D eigenvalue weighted by atomic mass is 10.1. The highest BCUT2D eigenvalue weighted by atomic mass is 35.5. The van der Waals surface area contributed by atoms with Gasteiger partial charge >= 0.3 is 0 Å². The summed E-state index contributed by atoms with van der Waals surface area (Å²) in [6, 6.07) is 7.63. The number of aromatic nitrogens is 1. The summed E-state index contributed by atoms with van der Waals surface area (Å²) in [4.78, 5) is 18.9. The number of benzene rings is 1. The molecule has 3 N–H and O–H groups in total. The summed E-state index contributed by atoms with van der Waals surface area (Å²) in [6.45, 7) is 4.21. The van der Waals surface area contributed by atoms with Gasteiger partial charge in [-0.15, -0.1) is 36.2 Å². The van der Waals surface area contributed by atoms with E-state index in [-0.39, 0.29) is 30.7 Å². The zero-order chi connectivity index (χ0) is 16.8. The number of nitrogen functional groups attached to an aromatic ring is 1. The Morgan fingerprint density at radius 3 is 2.73 bits per heavy atom. The van der Waals surface area contributed by atoms with Gasteiger partial charge in [-0.3, -0.25) is 9.69 Å². The van der Waals surface area contributed by atoms with E-state index in [0.29, 0.717) is 18.0 Å². The number of thiazole rings is 1. The maximum Gasteiger partial charge on any atom is 0.226 e. The molecular formula is C17H24Cl2N4O2S. The van der Waals surface area contributed by atoms with Crippen LogP contribution in [0.5, 0.6) is 0 Å². The summed E-state index contributed by atoms with van der Waals surface area (Å²) in [5.41, 5.74) is 8.62. The van der Waals surface area contributed by atoms with E-state index in [9.17, 15) is 4.79 Å². The van der Waals surface area contributed by atoms with Gasteiger partial charge in [0.1, 0.15) is 0 Å². The van der Waals surface area contributed by atoms with Crippen molar-refractivity contribution in [1.82, 2.24) is 9.88 Å². The molecule has 144 valence electrons. The number of nitrogens with zero attached hydrogens (tertiary/aromatic N) is 2. The van der Waals surface area contributed by atoms with Crippen LogP contribution in [0.2, 0.25) is 0 Å². The molecule has 1 amide bonds. The molecule has 1 aliphatic rings. The SMILES string of the molecule is Cl.Cl.Nc1ccccc1CCC(=O)Nc1nc(CN2CCOCC2)cs1. The Bertz CT molecular complexity index is 693. The molecule has 0 radical (unpaired) electrons. The van der Waals surface area contributed by atoms with Crippen LogP contribution in [0.1, 0.15) is 17.7 Å². The average Bonchev–Trinajstić information content (AvgIpc) is 3.02. The van der Waals surface area contributed by atoms with E-state index in [4.69, 9.17) is 10.5 Å². The Morgan fingerprint density at radius 1 is 1.27 bits per heavy atom. The molecule has 0 spiro atoms. The third kappa shape index (κ3) is 6.74. The highest BCUT2D eigenvalue weighted by Gasteiger charge is 2.13. The number of rotatable bonds is 6. The second kappa shape index (κ2) is 11.4. The topological polar surface area (TPSA) is 80.5 Å². The normalized spacial score (nSPS) is 14.2. The van der Waals surface area contributed by atoms with Gasteiger partial charge in [0.15, 0.2) is 5.13 Å². The molecule has 9 heteroatoms. The Hall–Kier alpha value is -1.38. The van der Waals surface area contributed by atoms with Crippen molar-refractivity contribution in [2.24, 2.45) is 0 Å². The van der Waals surface area contributed by atoms with E-state index < -0.39 is 0 Å². The number of nitrogens with two attached hydrogens (primary N) is 1. The molecule has 1 fully saturated rings. The van der Waals surface area contributed by atoms with Gasteiger partial charge in [-0.05, 0) is 18.1 Å². The van der Waals surface area contributed by atoms with Gasteiger partial charge in [-0.1, -0.05) is 18.2 Å². The molecule has 1 saturated heterocycles. The van der Waals surface area contributed by atoms with Crippen molar-refractivity contribution in [3.05, 3.63) is 40.9 Å². The van der Waals surface area contributed by atoms with Crippen LogP contribution in [0.4, 0.5) is 10.8 Å². The van der Waals surface area contributed by atoms with Crippen molar-refractivity contribution in [2.75, 3.05) is 37.4 Å². The van der Waals surface area contributed by atoms with Crippen LogP contribution in [-0.2, 0) is 22.5 Å². The number of aryl methyl sites for hydroxylation is 1. The first-order valence-electron chi connectivity index (χ1n) is 8.08. The number of anilines is 2.